The number of carbonyl (C=O) groups excluding carboxylic acids is 1. The molecule has 4 heteroatoms. The molecular weight excluding hydrogens is 236 g/mol. The number of ether oxygens (including phenoxy) is 1. The summed E-state index contributed by atoms with van der Waals surface area (Å²) in [6.45, 7) is 6.42. The predicted molar refractivity (Wildman–Crippen MR) is 69.3 cm³/mol. The molecule has 0 saturated carbocycles. The quantitative estimate of drug-likeness (QED) is 0.793. The monoisotopic (exact) mass is 256 g/mol. The van der Waals surface area contributed by atoms with Gasteiger partial charge in [-0.2, -0.15) is 0 Å². The van der Waals surface area contributed by atoms with Crippen molar-refractivity contribution >= 4 is 17.3 Å². The molecule has 0 saturated heterocycles. The summed E-state index contributed by atoms with van der Waals surface area (Å²) >= 11 is 1.32. The number of carbonyl (C=O) groups is 1. The lowest BCUT2D eigenvalue weighted by atomic mass is 10.0. The van der Waals surface area contributed by atoms with Gasteiger partial charge in [-0.1, -0.05) is 13.8 Å². The van der Waals surface area contributed by atoms with Gasteiger partial charge in [0.1, 0.15) is 4.88 Å². The van der Waals surface area contributed by atoms with Crippen molar-refractivity contribution in [2.45, 2.75) is 39.7 Å². The minimum atomic E-state index is -0.467. The Bertz CT molecular complexity index is 357. The second-order valence-electron chi connectivity index (χ2n) is 4.41. The number of aliphatic hydroxyl groups excluding tert-OH is 1. The Hall–Kier alpha value is -0.870. The molecule has 0 aliphatic carbocycles. The fourth-order valence-corrected chi connectivity index (χ4v) is 2.40. The van der Waals surface area contributed by atoms with E-state index in [1.165, 1.54) is 11.3 Å². The molecule has 1 atom stereocenters. The Morgan fingerprint density at radius 2 is 2.12 bits per heavy atom. The number of esters is 1. The molecule has 96 valence electrons. The molecular formula is C13H20O3S. The van der Waals surface area contributed by atoms with Gasteiger partial charge in [0.2, 0.25) is 0 Å². The number of hydrogen-bond acceptors (Lipinski definition) is 4. The summed E-state index contributed by atoms with van der Waals surface area (Å²) < 4.78 is 4.91. The summed E-state index contributed by atoms with van der Waals surface area (Å²) in [5.74, 6) is 0.272. The van der Waals surface area contributed by atoms with Crippen molar-refractivity contribution in [3.8, 4) is 0 Å². The van der Waals surface area contributed by atoms with Crippen molar-refractivity contribution in [3.63, 3.8) is 0 Å². The predicted octanol–water partition coefficient (Wildman–Crippen LogP) is 3.39. The van der Waals surface area contributed by atoms with Gasteiger partial charge in [0.05, 0.1) is 12.7 Å². The van der Waals surface area contributed by atoms with Gasteiger partial charge in [0, 0.05) is 4.88 Å². The molecule has 0 unspecified atom stereocenters. The third-order valence-corrected chi connectivity index (χ3v) is 3.62. The fraction of sp³-hybridized carbons (Fsp3) is 0.615. The van der Waals surface area contributed by atoms with E-state index in [0.29, 0.717) is 17.4 Å². The van der Waals surface area contributed by atoms with Gasteiger partial charge in [-0.25, -0.2) is 4.79 Å². The molecule has 3 nitrogen and oxygen atoms in total. The maximum absolute atomic E-state index is 11.5. The standard InChI is InChI=1S/C13H20O3S/c1-4-16-13(15)12-8-7-11(17-12)10(14)6-5-9(2)3/h7-10,14H,4-6H2,1-3H3/t10-/m1/s1. The third-order valence-electron chi connectivity index (χ3n) is 2.45. The zero-order valence-electron chi connectivity index (χ0n) is 10.6. The van der Waals surface area contributed by atoms with Gasteiger partial charge in [0.25, 0.3) is 0 Å². The van der Waals surface area contributed by atoms with Crippen LogP contribution in [0.1, 0.15) is 54.3 Å². The lowest BCUT2D eigenvalue weighted by Gasteiger charge is -2.09. The topological polar surface area (TPSA) is 46.5 Å². The average Bonchev–Trinajstić information content (AvgIpc) is 2.75. The number of thiophene rings is 1. The minimum absolute atomic E-state index is 0.306. The molecule has 0 amide bonds. The van der Waals surface area contributed by atoms with Gasteiger partial charge in [-0.3, -0.25) is 0 Å². The van der Waals surface area contributed by atoms with Gasteiger partial charge < -0.3 is 9.84 Å². The molecule has 0 bridgehead atoms. The van der Waals surface area contributed by atoms with E-state index in [1.807, 2.05) is 6.07 Å². The zero-order valence-corrected chi connectivity index (χ0v) is 11.4. The number of aliphatic hydroxyl groups is 1. The van der Waals surface area contributed by atoms with Crippen LogP contribution in [0.25, 0.3) is 0 Å². The van der Waals surface area contributed by atoms with E-state index in [2.05, 4.69) is 13.8 Å². The van der Waals surface area contributed by atoms with Crippen LogP contribution in [-0.4, -0.2) is 17.7 Å². The average molecular weight is 256 g/mol. The first-order valence-electron chi connectivity index (χ1n) is 5.99. The Morgan fingerprint density at radius 3 is 2.71 bits per heavy atom. The second-order valence-corrected chi connectivity index (χ2v) is 5.52. The van der Waals surface area contributed by atoms with E-state index in [1.54, 1.807) is 13.0 Å². The van der Waals surface area contributed by atoms with Crippen molar-refractivity contribution in [1.29, 1.82) is 0 Å². The summed E-state index contributed by atoms with van der Waals surface area (Å²) in [6, 6.07) is 3.53. The summed E-state index contributed by atoms with van der Waals surface area (Å²) in [5, 5.41) is 9.95. The third kappa shape index (κ3) is 4.48. The molecule has 1 aromatic heterocycles. The molecule has 0 radical (unpaired) electrons. The largest absolute Gasteiger partial charge is 0.462 e. The minimum Gasteiger partial charge on any atom is -0.462 e. The van der Waals surface area contributed by atoms with Crippen molar-refractivity contribution < 1.29 is 14.6 Å². The van der Waals surface area contributed by atoms with E-state index < -0.39 is 6.10 Å². The molecule has 0 spiro atoms. The Morgan fingerprint density at radius 1 is 1.41 bits per heavy atom. The molecule has 0 fully saturated rings. The lowest BCUT2D eigenvalue weighted by Crippen LogP contribution is -2.01. The summed E-state index contributed by atoms with van der Waals surface area (Å²) in [4.78, 5) is 12.9. The molecule has 1 rings (SSSR count). The van der Waals surface area contributed by atoms with Gasteiger partial charge in [-0.05, 0) is 37.8 Å². The molecule has 0 aromatic carbocycles. The highest BCUT2D eigenvalue weighted by Crippen LogP contribution is 2.27. The highest BCUT2D eigenvalue weighted by atomic mass is 32.1. The second kappa shape index (κ2) is 6.77. The van der Waals surface area contributed by atoms with Crippen molar-refractivity contribution in [1.82, 2.24) is 0 Å². The van der Waals surface area contributed by atoms with Crippen molar-refractivity contribution in [3.05, 3.63) is 21.9 Å². The van der Waals surface area contributed by atoms with Crippen LogP contribution in [0.15, 0.2) is 12.1 Å². The first-order valence-corrected chi connectivity index (χ1v) is 6.81. The SMILES string of the molecule is CCOC(=O)c1ccc([C@H](O)CCC(C)C)s1. The van der Waals surface area contributed by atoms with E-state index in [4.69, 9.17) is 4.74 Å². The van der Waals surface area contributed by atoms with Crippen LogP contribution in [-0.2, 0) is 4.74 Å². The lowest BCUT2D eigenvalue weighted by molar-refractivity contribution is 0.0532. The molecule has 0 aliphatic heterocycles. The van der Waals surface area contributed by atoms with Crippen LogP contribution in [0.5, 0.6) is 0 Å². The normalized spacial score (nSPS) is 12.8. The summed E-state index contributed by atoms with van der Waals surface area (Å²) in [7, 11) is 0. The van der Waals surface area contributed by atoms with Crippen LogP contribution < -0.4 is 0 Å². The maximum atomic E-state index is 11.5. The van der Waals surface area contributed by atoms with E-state index >= 15 is 0 Å². The Balaban J connectivity index is 2.57. The van der Waals surface area contributed by atoms with E-state index in [-0.39, 0.29) is 5.97 Å². The maximum Gasteiger partial charge on any atom is 0.348 e. The van der Waals surface area contributed by atoms with Crippen molar-refractivity contribution in [2.75, 3.05) is 6.61 Å². The summed E-state index contributed by atoms with van der Waals surface area (Å²) in [5.41, 5.74) is 0. The van der Waals surface area contributed by atoms with Crippen LogP contribution in [0, 0.1) is 5.92 Å². The molecule has 1 aromatic rings. The number of rotatable bonds is 6. The summed E-state index contributed by atoms with van der Waals surface area (Å²) in [6.07, 6.45) is 1.25. The molecule has 1 N–H and O–H groups in total. The molecule has 0 aliphatic rings. The van der Waals surface area contributed by atoms with E-state index in [0.717, 1.165) is 17.7 Å². The molecule has 1 heterocycles. The Labute approximate surface area is 106 Å². The van der Waals surface area contributed by atoms with Crippen LogP contribution in [0.2, 0.25) is 0 Å². The van der Waals surface area contributed by atoms with Crippen LogP contribution in [0.4, 0.5) is 0 Å². The fourth-order valence-electron chi connectivity index (χ4n) is 1.48. The van der Waals surface area contributed by atoms with Crippen molar-refractivity contribution in [2.24, 2.45) is 5.92 Å². The van der Waals surface area contributed by atoms with Gasteiger partial charge in [-0.15, -0.1) is 11.3 Å². The van der Waals surface area contributed by atoms with Gasteiger partial charge in [0.15, 0.2) is 0 Å². The zero-order chi connectivity index (χ0) is 12.8. The Kier molecular flexibility index (Phi) is 5.65. The first kappa shape index (κ1) is 14.2. The smallest absolute Gasteiger partial charge is 0.348 e. The van der Waals surface area contributed by atoms with Crippen LogP contribution in [0.3, 0.4) is 0 Å². The molecule has 17 heavy (non-hydrogen) atoms. The highest BCUT2D eigenvalue weighted by Gasteiger charge is 2.15. The highest BCUT2D eigenvalue weighted by molar-refractivity contribution is 7.14. The van der Waals surface area contributed by atoms with Crippen LogP contribution >= 0.6 is 11.3 Å². The number of hydrogen-bond donors (Lipinski definition) is 1. The first-order chi connectivity index (χ1) is 8.04. The van der Waals surface area contributed by atoms with Gasteiger partial charge >= 0.3 is 5.97 Å². The van der Waals surface area contributed by atoms with E-state index in [9.17, 15) is 9.90 Å².